The van der Waals surface area contributed by atoms with Crippen LogP contribution in [-0.4, -0.2) is 31.6 Å². The Morgan fingerprint density at radius 1 is 1.31 bits per heavy atom. The van der Waals surface area contributed by atoms with E-state index in [4.69, 9.17) is 0 Å². The number of halogens is 2. The van der Waals surface area contributed by atoms with Gasteiger partial charge in [0.2, 0.25) is 0 Å². The summed E-state index contributed by atoms with van der Waals surface area (Å²) in [5.41, 5.74) is 0.367. The maximum absolute atomic E-state index is 13.2. The van der Waals surface area contributed by atoms with Crippen molar-refractivity contribution in [3.05, 3.63) is 35.4 Å². The van der Waals surface area contributed by atoms with Crippen LogP contribution in [0.1, 0.15) is 12.5 Å². The lowest BCUT2D eigenvalue weighted by molar-refractivity contribution is 0.302. The Kier molecular flexibility index (Phi) is 4.83. The SMILES string of the molecule is CC(CNCc1cc(F)ccc1F)N(C)C. The quantitative estimate of drug-likeness (QED) is 0.829. The van der Waals surface area contributed by atoms with Crippen LogP contribution in [0.3, 0.4) is 0 Å². The van der Waals surface area contributed by atoms with Crippen LogP contribution in [0.15, 0.2) is 18.2 Å². The van der Waals surface area contributed by atoms with E-state index in [-0.39, 0.29) is 5.82 Å². The molecule has 16 heavy (non-hydrogen) atoms. The maximum atomic E-state index is 13.2. The molecule has 0 saturated carbocycles. The molecular weight excluding hydrogens is 210 g/mol. The summed E-state index contributed by atoms with van der Waals surface area (Å²) in [6.45, 7) is 3.15. The van der Waals surface area contributed by atoms with Gasteiger partial charge >= 0.3 is 0 Å². The molecule has 90 valence electrons. The molecule has 1 aromatic carbocycles. The van der Waals surface area contributed by atoms with E-state index in [1.54, 1.807) is 0 Å². The van der Waals surface area contributed by atoms with E-state index in [1.807, 2.05) is 14.1 Å². The van der Waals surface area contributed by atoms with Crippen molar-refractivity contribution in [2.24, 2.45) is 0 Å². The van der Waals surface area contributed by atoms with Gasteiger partial charge in [0.05, 0.1) is 0 Å². The second-order valence-electron chi connectivity index (χ2n) is 4.18. The van der Waals surface area contributed by atoms with E-state index in [0.717, 1.165) is 18.7 Å². The molecule has 1 N–H and O–H groups in total. The molecule has 4 heteroatoms. The van der Waals surface area contributed by atoms with Crippen LogP contribution in [0.25, 0.3) is 0 Å². The van der Waals surface area contributed by atoms with Gasteiger partial charge in [-0.05, 0) is 39.2 Å². The number of rotatable bonds is 5. The van der Waals surface area contributed by atoms with Crippen LogP contribution in [0.2, 0.25) is 0 Å². The highest BCUT2D eigenvalue weighted by molar-refractivity contribution is 5.18. The zero-order chi connectivity index (χ0) is 12.1. The minimum absolute atomic E-state index is 0.349. The van der Waals surface area contributed by atoms with E-state index in [9.17, 15) is 8.78 Å². The fraction of sp³-hybridized carbons (Fsp3) is 0.500. The summed E-state index contributed by atoms with van der Waals surface area (Å²) in [4.78, 5) is 2.06. The van der Waals surface area contributed by atoms with Gasteiger partial charge in [0.25, 0.3) is 0 Å². The first-order valence-corrected chi connectivity index (χ1v) is 5.31. The van der Waals surface area contributed by atoms with Crippen LogP contribution < -0.4 is 5.32 Å². The monoisotopic (exact) mass is 228 g/mol. The highest BCUT2D eigenvalue weighted by Gasteiger charge is 2.06. The van der Waals surface area contributed by atoms with Crippen molar-refractivity contribution >= 4 is 0 Å². The average molecular weight is 228 g/mol. The molecular formula is C12H18F2N2. The lowest BCUT2D eigenvalue weighted by atomic mass is 10.2. The molecule has 0 bridgehead atoms. The third kappa shape index (κ3) is 3.87. The molecule has 0 heterocycles. The predicted molar refractivity (Wildman–Crippen MR) is 61.2 cm³/mol. The van der Waals surface area contributed by atoms with Crippen LogP contribution in [0.5, 0.6) is 0 Å². The third-order valence-electron chi connectivity index (χ3n) is 2.64. The minimum atomic E-state index is -0.404. The molecule has 0 aliphatic heterocycles. The van der Waals surface area contributed by atoms with Gasteiger partial charge in [-0.2, -0.15) is 0 Å². The molecule has 2 nitrogen and oxygen atoms in total. The third-order valence-corrected chi connectivity index (χ3v) is 2.64. The molecule has 0 spiro atoms. The average Bonchev–Trinajstić information content (AvgIpc) is 2.22. The number of likely N-dealkylation sites (N-methyl/N-ethyl adjacent to an activating group) is 1. The van der Waals surface area contributed by atoms with Gasteiger partial charge in [-0.15, -0.1) is 0 Å². The summed E-state index contributed by atoms with van der Waals surface area (Å²) >= 11 is 0. The normalized spacial score (nSPS) is 13.1. The van der Waals surface area contributed by atoms with Gasteiger partial charge in [-0.25, -0.2) is 8.78 Å². The topological polar surface area (TPSA) is 15.3 Å². The van der Waals surface area contributed by atoms with E-state index < -0.39 is 5.82 Å². The Labute approximate surface area is 95.3 Å². The molecule has 0 aliphatic carbocycles. The molecule has 0 saturated heterocycles. The van der Waals surface area contributed by atoms with Crippen molar-refractivity contribution in [3.8, 4) is 0 Å². The molecule has 1 rings (SSSR count). The van der Waals surface area contributed by atoms with E-state index in [1.165, 1.54) is 6.07 Å². The highest BCUT2D eigenvalue weighted by atomic mass is 19.1. The van der Waals surface area contributed by atoms with Gasteiger partial charge in [-0.3, -0.25) is 0 Å². The number of nitrogens with one attached hydrogen (secondary N) is 1. The largest absolute Gasteiger partial charge is 0.311 e. The molecule has 0 fully saturated rings. The first kappa shape index (κ1) is 13.1. The van der Waals surface area contributed by atoms with E-state index in [0.29, 0.717) is 18.2 Å². The van der Waals surface area contributed by atoms with Crippen molar-refractivity contribution < 1.29 is 8.78 Å². The predicted octanol–water partition coefficient (Wildman–Crippen LogP) is 2.00. The Hall–Kier alpha value is -1.00. The van der Waals surface area contributed by atoms with Crippen molar-refractivity contribution in [2.45, 2.75) is 19.5 Å². The first-order valence-electron chi connectivity index (χ1n) is 5.31. The minimum Gasteiger partial charge on any atom is -0.311 e. The van der Waals surface area contributed by atoms with Crippen molar-refractivity contribution in [3.63, 3.8) is 0 Å². The highest BCUT2D eigenvalue weighted by Crippen LogP contribution is 2.09. The molecule has 0 amide bonds. The summed E-state index contributed by atoms with van der Waals surface area (Å²) in [5, 5.41) is 3.10. The number of nitrogens with zero attached hydrogens (tertiary/aromatic N) is 1. The summed E-state index contributed by atoms with van der Waals surface area (Å²) in [7, 11) is 3.96. The summed E-state index contributed by atoms with van der Waals surface area (Å²) in [5.74, 6) is -0.773. The first-order chi connectivity index (χ1) is 7.50. The van der Waals surface area contributed by atoms with Crippen LogP contribution in [0, 0.1) is 11.6 Å². The zero-order valence-electron chi connectivity index (χ0n) is 9.93. The standard InChI is InChI=1S/C12H18F2N2/c1-9(16(2)3)7-15-8-10-6-11(13)4-5-12(10)14/h4-6,9,15H,7-8H2,1-3H3. The molecule has 1 atom stereocenters. The Morgan fingerprint density at radius 2 is 2.00 bits per heavy atom. The van der Waals surface area contributed by atoms with Gasteiger partial charge in [0.1, 0.15) is 11.6 Å². The van der Waals surface area contributed by atoms with E-state index in [2.05, 4.69) is 17.1 Å². The fourth-order valence-electron chi connectivity index (χ4n) is 1.28. The second kappa shape index (κ2) is 5.92. The van der Waals surface area contributed by atoms with Crippen LogP contribution in [0.4, 0.5) is 8.78 Å². The number of hydrogen-bond donors (Lipinski definition) is 1. The summed E-state index contributed by atoms with van der Waals surface area (Å²) in [6.07, 6.45) is 0. The molecule has 0 aliphatic rings. The summed E-state index contributed by atoms with van der Waals surface area (Å²) < 4.78 is 26.1. The zero-order valence-corrected chi connectivity index (χ0v) is 9.93. The number of hydrogen-bond acceptors (Lipinski definition) is 2. The fourth-order valence-corrected chi connectivity index (χ4v) is 1.28. The van der Waals surface area contributed by atoms with Crippen molar-refractivity contribution in [1.29, 1.82) is 0 Å². The summed E-state index contributed by atoms with van der Waals surface area (Å²) in [6, 6.07) is 3.86. The van der Waals surface area contributed by atoms with Gasteiger partial charge < -0.3 is 10.2 Å². The van der Waals surface area contributed by atoms with Crippen LogP contribution in [-0.2, 0) is 6.54 Å². The smallest absolute Gasteiger partial charge is 0.127 e. The lowest BCUT2D eigenvalue weighted by Gasteiger charge is -2.20. The van der Waals surface area contributed by atoms with Gasteiger partial charge in [-0.1, -0.05) is 0 Å². The Bertz CT molecular complexity index is 340. The number of benzene rings is 1. The van der Waals surface area contributed by atoms with Crippen LogP contribution >= 0.6 is 0 Å². The Morgan fingerprint density at radius 3 is 2.62 bits per heavy atom. The lowest BCUT2D eigenvalue weighted by Crippen LogP contribution is -2.35. The Balaban J connectivity index is 2.45. The van der Waals surface area contributed by atoms with Gasteiger partial charge in [0, 0.05) is 24.7 Å². The molecule has 1 unspecified atom stereocenters. The molecule has 0 aromatic heterocycles. The van der Waals surface area contributed by atoms with Gasteiger partial charge in [0.15, 0.2) is 0 Å². The maximum Gasteiger partial charge on any atom is 0.127 e. The molecule has 0 radical (unpaired) electrons. The molecule has 1 aromatic rings. The van der Waals surface area contributed by atoms with Crippen molar-refractivity contribution in [2.75, 3.05) is 20.6 Å². The van der Waals surface area contributed by atoms with E-state index >= 15 is 0 Å². The van der Waals surface area contributed by atoms with Crippen molar-refractivity contribution in [1.82, 2.24) is 10.2 Å². The second-order valence-corrected chi connectivity index (χ2v) is 4.18.